The molecule has 4 amide bonds. The molecular formula is C11H11N3O4. The minimum atomic E-state index is -0.911. The minimum Gasteiger partial charge on any atom is -0.337 e. The van der Waals surface area contributed by atoms with Crippen LogP contribution in [0.4, 0.5) is 10.7 Å². The van der Waals surface area contributed by atoms with Crippen molar-refractivity contribution in [2.45, 2.75) is 25.2 Å². The van der Waals surface area contributed by atoms with Crippen LogP contribution in [0.1, 0.15) is 25.5 Å². The highest BCUT2D eigenvalue weighted by molar-refractivity contribution is 6.52. The largest absolute Gasteiger partial charge is 0.341 e. The molecule has 1 aliphatic heterocycles. The van der Waals surface area contributed by atoms with Crippen LogP contribution in [-0.4, -0.2) is 34.9 Å². The van der Waals surface area contributed by atoms with E-state index in [0.717, 1.165) is 17.7 Å². The van der Waals surface area contributed by atoms with Crippen molar-refractivity contribution in [3.05, 3.63) is 11.8 Å². The van der Waals surface area contributed by atoms with Gasteiger partial charge in [-0.15, -0.1) is 0 Å². The minimum absolute atomic E-state index is 0.00539. The summed E-state index contributed by atoms with van der Waals surface area (Å²) in [6, 6.07) is 0.837. The van der Waals surface area contributed by atoms with Crippen molar-refractivity contribution in [1.82, 2.24) is 10.1 Å². The molecule has 0 atom stereocenters. The maximum Gasteiger partial charge on any atom is 0.341 e. The van der Waals surface area contributed by atoms with Gasteiger partial charge >= 0.3 is 17.8 Å². The summed E-state index contributed by atoms with van der Waals surface area (Å²) in [6.07, 6.45) is 2.00. The van der Waals surface area contributed by atoms with Crippen molar-refractivity contribution in [2.24, 2.45) is 0 Å². The quantitative estimate of drug-likeness (QED) is 0.567. The van der Waals surface area contributed by atoms with Gasteiger partial charge in [-0.2, -0.15) is 4.90 Å². The Morgan fingerprint density at radius 3 is 2.44 bits per heavy atom. The summed E-state index contributed by atoms with van der Waals surface area (Å²) < 4.78 is 5.01. The van der Waals surface area contributed by atoms with Gasteiger partial charge in [0.05, 0.1) is 5.69 Å². The molecule has 1 saturated carbocycles. The molecule has 0 bridgehead atoms. The maximum absolute atomic E-state index is 11.7. The first-order chi connectivity index (χ1) is 8.44. The number of anilines is 1. The smallest absolute Gasteiger partial charge is 0.337 e. The third kappa shape index (κ3) is 1.30. The van der Waals surface area contributed by atoms with E-state index >= 15 is 0 Å². The SMILES string of the molecule is CN1C(=O)C(=O)N(c2cc(C3(C)CC3)no2)C1=O. The molecule has 0 aromatic carbocycles. The number of hydrogen-bond acceptors (Lipinski definition) is 5. The average Bonchev–Trinajstić information content (AvgIpc) is 2.85. The molecule has 18 heavy (non-hydrogen) atoms. The zero-order valence-electron chi connectivity index (χ0n) is 9.97. The maximum atomic E-state index is 11.7. The highest BCUT2D eigenvalue weighted by Gasteiger charge is 2.47. The van der Waals surface area contributed by atoms with Gasteiger partial charge in [0.15, 0.2) is 0 Å². The molecule has 3 rings (SSSR count). The summed E-state index contributed by atoms with van der Waals surface area (Å²) in [5, 5.41) is 3.86. The van der Waals surface area contributed by atoms with Crippen molar-refractivity contribution in [2.75, 3.05) is 11.9 Å². The Morgan fingerprint density at radius 2 is 1.94 bits per heavy atom. The first-order valence-corrected chi connectivity index (χ1v) is 5.57. The second-order valence-electron chi connectivity index (χ2n) is 4.90. The van der Waals surface area contributed by atoms with Gasteiger partial charge in [-0.1, -0.05) is 12.1 Å². The van der Waals surface area contributed by atoms with E-state index in [2.05, 4.69) is 5.16 Å². The molecular weight excluding hydrogens is 238 g/mol. The number of rotatable bonds is 2. The molecule has 1 aliphatic carbocycles. The third-order valence-electron chi connectivity index (χ3n) is 3.51. The highest BCUT2D eigenvalue weighted by Crippen LogP contribution is 2.47. The molecule has 2 aliphatic rings. The molecule has 0 unspecified atom stereocenters. The van der Waals surface area contributed by atoms with Crippen molar-refractivity contribution in [1.29, 1.82) is 0 Å². The van der Waals surface area contributed by atoms with E-state index < -0.39 is 17.8 Å². The summed E-state index contributed by atoms with van der Waals surface area (Å²) >= 11 is 0. The third-order valence-corrected chi connectivity index (χ3v) is 3.51. The average molecular weight is 249 g/mol. The fraction of sp³-hybridized carbons (Fsp3) is 0.455. The number of aromatic nitrogens is 1. The Hall–Kier alpha value is -2.18. The van der Waals surface area contributed by atoms with E-state index in [1.165, 1.54) is 7.05 Å². The summed E-state index contributed by atoms with van der Waals surface area (Å²) in [4.78, 5) is 36.2. The van der Waals surface area contributed by atoms with Gasteiger partial charge in [-0.25, -0.2) is 4.79 Å². The number of urea groups is 1. The number of imide groups is 2. The van der Waals surface area contributed by atoms with Gasteiger partial charge in [0.1, 0.15) is 0 Å². The van der Waals surface area contributed by atoms with Crippen molar-refractivity contribution in [3.8, 4) is 0 Å². The molecule has 2 heterocycles. The fourth-order valence-electron chi connectivity index (χ4n) is 1.86. The van der Waals surface area contributed by atoms with Gasteiger partial charge in [-0.05, 0) is 12.8 Å². The molecule has 94 valence electrons. The normalized spacial score (nSPS) is 22.0. The first-order valence-electron chi connectivity index (χ1n) is 5.57. The van der Waals surface area contributed by atoms with E-state index in [1.807, 2.05) is 6.92 Å². The molecule has 1 aromatic heterocycles. The van der Waals surface area contributed by atoms with Crippen LogP contribution in [0.3, 0.4) is 0 Å². The number of amides is 4. The van der Waals surface area contributed by atoms with E-state index in [9.17, 15) is 14.4 Å². The molecule has 0 spiro atoms. The van der Waals surface area contributed by atoms with Crippen LogP contribution in [0.5, 0.6) is 0 Å². The summed E-state index contributed by atoms with van der Waals surface area (Å²) in [5.74, 6) is -1.77. The molecule has 0 radical (unpaired) electrons. The van der Waals surface area contributed by atoms with Crippen LogP contribution in [0, 0.1) is 0 Å². The van der Waals surface area contributed by atoms with E-state index in [-0.39, 0.29) is 11.3 Å². The van der Waals surface area contributed by atoms with Gasteiger partial charge in [0.2, 0.25) is 5.88 Å². The fourth-order valence-corrected chi connectivity index (χ4v) is 1.86. The van der Waals surface area contributed by atoms with Crippen LogP contribution < -0.4 is 4.90 Å². The zero-order valence-corrected chi connectivity index (χ0v) is 9.97. The topological polar surface area (TPSA) is 83.7 Å². The van der Waals surface area contributed by atoms with Crippen molar-refractivity contribution >= 4 is 23.7 Å². The Balaban J connectivity index is 1.96. The second kappa shape index (κ2) is 3.18. The van der Waals surface area contributed by atoms with E-state index in [1.54, 1.807) is 6.07 Å². The van der Waals surface area contributed by atoms with Gasteiger partial charge in [-0.3, -0.25) is 14.5 Å². The lowest BCUT2D eigenvalue weighted by atomic mass is 10.1. The molecule has 7 heteroatoms. The number of carbonyl (C=O) groups excluding carboxylic acids is 3. The molecule has 1 saturated heterocycles. The van der Waals surface area contributed by atoms with Crippen LogP contribution in [0.15, 0.2) is 10.6 Å². The van der Waals surface area contributed by atoms with Crippen molar-refractivity contribution < 1.29 is 18.9 Å². The summed E-state index contributed by atoms with van der Waals surface area (Å²) in [5.41, 5.74) is 0.684. The van der Waals surface area contributed by atoms with Crippen LogP contribution in [0.2, 0.25) is 0 Å². The lowest BCUT2D eigenvalue weighted by molar-refractivity contribution is -0.138. The lowest BCUT2D eigenvalue weighted by Gasteiger charge is -2.07. The van der Waals surface area contributed by atoms with E-state index in [0.29, 0.717) is 10.6 Å². The highest BCUT2D eigenvalue weighted by atomic mass is 16.5. The van der Waals surface area contributed by atoms with Crippen LogP contribution in [-0.2, 0) is 15.0 Å². The molecule has 7 nitrogen and oxygen atoms in total. The standard InChI is InChI=1S/C11H11N3O4/c1-11(3-4-11)6-5-7(18-12-6)14-9(16)8(15)13(2)10(14)17/h5H,3-4H2,1-2H3. The first kappa shape index (κ1) is 10.9. The predicted molar refractivity (Wildman–Crippen MR) is 58.7 cm³/mol. The second-order valence-corrected chi connectivity index (χ2v) is 4.90. The Kier molecular flexibility index (Phi) is 1.93. The molecule has 2 fully saturated rings. The summed E-state index contributed by atoms with van der Waals surface area (Å²) in [6.45, 7) is 2.03. The van der Waals surface area contributed by atoms with E-state index in [4.69, 9.17) is 4.52 Å². The Bertz CT molecular complexity index is 573. The Morgan fingerprint density at radius 1 is 1.28 bits per heavy atom. The van der Waals surface area contributed by atoms with Crippen LogP contribution in [0.25, 0.3) is 0 Å². The number of hydrogen-bond donors (Lipinski definition) is 0. The van der Waals surface area contributed by atoms with Gasteiger partial charge < -0.3 is 4.52 Å². The number of likely N-dealkylation sites (N-methyl/N-ethyl adjacent to an activating group) is 1. The monoisotopic (exact) mass is 249 g/mol. The molecule has 0 N–H and O–H groups in total. The van der Waals surface area contributed by atoms with Gasteiger partial charge in [0.25, 0.3) is 0 Å². The van der Waals surface area contributed by atoms with Crippen molar-refractivity contribution in [3.63, 3.8) is 0 Å². The van der Waals surface area contributed by atoms with Crippen LogP contribution >= 0.6 is 0 Å². The Labute approximate surface area is 102 Å². The number of nitrogens with zero attached hydrogens (tertiary/aromatic N) is 3. The summed E-state index contributed by atoms with van der Waals surface area (Å²) in [7, 11) is 1.25. The van der Waals surface area contributed by atoms with Gasteiger partial charge in [0, 0.05) is 18.5 Å². The zero-order chi connectivity index (χ0) is 13.1. The molecule has 1 aromatic rings. The lowest BCUT2D eigenvalue weighted by Crippen LogP contribution is -2.31. The number of carbonyl (C=O) groups is 3. The predicted octanol–water partition coefficient (Wildman–Crippen LogP) is 0.651.